The Balaban J connectivity index is 2.43. The second kappa shape index (κ2) is 6.00. The Hall–Kier alpha value is -1.36. The van der Waals surface area contributed by atoms with Gasteiger partial charge < -0.3 is 9.88 Å². The Morgan fingerprint density at radius 2 is 2.06 bits per heavy atom. The van der Waals surface area contributed by atoms with Gasteiger partial charge in [-0.15, -0.1) is 11.6 Å². The molecule has 2 rings (SSSR count). The Kier molecular flexibility index (Phi) is 4.36. The van der Waals surface area contributed by atoms with Crippen LogP contribution >= 0.6 is 11.6 Å². The normalized spacial score (nSPS) is 11.3. The third kappa shape index (κ3) is 2.41. The predicted octanol–water partition coefficient (Wildman–Crippen LogP) is 2.59. The fourth-order valence-corrected chi connectivity index (χ4v) is 2.43. The van der Waals surface area contributed by atoms with Gasteiger partial charge in [0.1, 0.15) is 11.8 Å². The van der Waals surface area contributed by atoms with Crippen LogP contribution in [0.5, 0.6) is 0 Å². The number of halogens is 1. The minimum absolute atomic E-state index is 0.435. The van der Waals surface area contributed by atoms with Gasteiger partial charge in [0.25, 0.3) is 0 Å². The first-order valence-electron chi connectivity index (χ1n) is 6.28. The number of H-pyrrole nitrogens is 1. The molecular formula is C12H18ClN5. The molecule has 0 aliphatic carbocycles. The lowest BCUT2D eigenvalue weighted by molar-refractivity contribution is 0.563. The van der Waals surface area contributed by atoms with Crippen molar-refractivity contribution in [3.8, 4) is 0 Å². The monoisotopic (exact) mass is 267 g/mol. The third-order valence-corrected chi connectivity index (χ3v) is 3.35. The lowest BCUT2D eigenvalue weighted by Crippen LogP contribution is -2.37. The summed E-state index contributed by atoms with van der Waals surface area (Å²) in [5.41, 5.74) is 1.58. The highest BCUT2D eigenvalue weighted by Gasteiger charge is 2.19. The predicted molar refractivity (Wildman–Crippen MR) is 74.1 cm³/mol. The van der Waals surface area contributed by atoms with Crippen LogP contribution in [0.2, 0.25) is 0 Å². The van der Waals surface area contributed by atoms with Gasteiger partial charge in [-0.1, -0.05) is 13.8 Å². The maximum atomic E-state index is 5.92. The molecule has 0 aliphatic heterocycles. The number of anilines is 1. The Bertz CT molecular complexity index is 494. The van der Waals surface area contributed by atoms with E-state index in [1.165, 1.54) is 0 Å². The topological polar surface area (TPSA) is 57.7 Å². The van der Waals surface area contributed by atoms with Crippen molar-refractivity contribution in [2.45, 2.75) is 32.7 Å². The lowest BCUT2D eigenvalue weighted by atomic mass is 10.1. The van der Waals surface area contributed by atoms with Gasteiger partial charge in [0.05, 0.1) is 6.33 Å². The van der Waals surface area contributed by atoms with Gasteiger partial charge in [-0.25, -0.2) is 15.0 Å². The van der Waals surface area contributed by atoms with Gasteiger partial charge in [-0.2, -0.15) is 0 Å². The Morgan fingerprint density at radius 3 is 2.72 bits per heavy atom. The zero-order valence-corrected chi connectivity index (χ0v) is 11.5. The quantitative estimate of drug-likeness (QED) is 0.818. The van der Waals surface area contributed by atoms with Crippen molar-refractivity contribution in [3.63, 3.8) is 0 Å². The molecule has 1 N–H and O–H groups in total. The van der Waals surface area contributed by atoms with E-state index < -0.39 is 0 Å². The average molecular weight is 268 g/mol. The summed E-state index contributed by atoms with van der Waals surface area (Å²) >= 11 is 5.92. The highest BCUT2D eigenvalue weighted by atomic mass is 35.5. The summed E-state index contributed by atoms with van der Waals surface area (Å²) in [5.74, 6) is 1.47. The molecule has 0 amide bonds. The summed E-state index contributed by atoms with van der Waals surface area (Å²) in [6.45, 7) is 5.14. The Labute approximate surface area is 112 Å². The molecule has 0 spiro atoms. The van der Waals surface area contributed by atoms with E-state index in [2.05, 4.69) is 38.7 Å². The minimum atomic E-state index is 0.435. The van der Waals surface area contributed by atoms with E-state index in [9.17, 15) is 0 Å². The standard InChI is InChI=1S/C12H18ClN5/c1-3-9(4-2)18(6-5-13)12-10-11(15-7-14-10)16-8-17-12/h7-9H,3-6H2,1-2H3,(H,14,15,16,17). The van der Waals surface area contributed by atoms with Crippen LogP contribution in [0.25, 0.3) is 11.2 Å². The molecule has 0 aromatic carbocycles. The van der Waals surface area contributed by atoms with Crippen LogP contribution in [0.4, 0.5) is 5.82 Å². The molecule has 2 aromatic heterocycles. The molecule has 0 fully saturated rings. The highest BCUT2D eigenvalue weighted by Crippen LogP contribution is 2.23. The minimum Gasteiger partial charge on any atom is -0.351 e. The van der Waals surface area contributed by atoms with Crippen molar-refractivity contribution >= 4 is 28.6 Å². The summed E-state index contributed by atoms with van der Waals surface area (Å²) < 4.78 is 0. The molecule has 6 heteroatoms. The van der Waals surface area contributed by atoms with Gasteiger partial charge >= 0.3 is 0 Å². The van der Waals surface area contributed by atoms with Gasteiger partial charge in [0.15, 0.2) is 11.5 Å². The molecule has 98 valence electrons. The summed E-state index contributed by atoms with van der Waals surface area (Å²) in [4.78, 5) is 18.1. The van der Waals surface area contributed by atoms with E-state index in [0.717, 1.165) is 30.7 Å². The molecule has 5 nitrogen and oxygen atoms in total. The molecule has 18 heavy (non-hydrogen) atoms. The molecule has 0 bridgehead atoms. The van der Waals surface area contributed by atoms with Crippen LogP contribution in [0.1, 0.15) is 26.7 Å². The fraction of sp³-hybridized carbons (Fsp3) is 0.583. The zero-order valence-electron chi connectivity index (χ0n) is 10.7. The van der Waals surface area contributed by atoms with E-state index in [0.29, 0.717) is 17.6 Å². The molecule has 0 saturated carbocycles. The van der Waals surface area contributed by atoms with Gasteiger partial charge in [0, 0.05) is 18.5 Å². The number of nitrogens with one attached hydrogen (secondary N) is 1. The molecule has 2 heterocycles. The van der Waals surface area contributed by atoms with Crippen molar-refractivity contribution in [2.75, 3.05) is 17.3 Å². The average Bonchev–Trinajstić information content (AvgIpc) is 2.87. The lowest BCUT2D eigenvalue weighted by Gasteiger charge is -2.31. The molecule has 2 aromatic rings. The summed E-state index contributed by atoms with van der Waals surface area (Å²) in [6.07, 6.45) is 5.33. The number of hydrogen-bond acceptors (Lipinski definition) is 4. The number of aromatic nitrogens is 4. The van der Waals surface area contributed by atoms with E-state index in [-0.39, 0.29) is 0 Å². The van der Waals surface area contributed by atoms with E-state index in [1.807, 2.05) is 0 Å². The van der Waals surface area contributed by atoms with Crippen LogP contribution in [-0.4, -0.2) is 38.4 Å². The molecule has 0 unspecified atom stereocenters. The van der Waals surface area contributed by atoms with Gasteiger partial charge in [-0.3, -0.25) is 0 Å². The van der Waals surface area contributed by atoms with Crippen LogP contribution in [-0.2, 0) is 0 Å². The number of hydrogen-bond donors (Lipinski definition) is 1. The van der Waals surface area contributed by atoms with Gasteiger partial charge in [0.2, 0.25) is 0 Å². The molecular weight excluding hydrogens is 250 g/mol. The molecule has 0 aliphatic rings. The number of alkyl halides is 1. The third-order valence-electron chi connectivity index (χ3n) is 3.18. The highest BCUT2D eigenvalue weighted by molar-refractivity contribution is 6.18. The fourth-order valence-electron chi connectivity index (χ4n) is 2.25. The van der Waals surface area contributed by atoms with Crippen molar-refractivity contribution in [3.05, 3.63) is 12.7 Å². The van der Waals surface area contributed by atoms with Crippen LogP contribution in [0.3, 0.4) is 0 Å². The second-order valence-corrected chi connectivity index (χ2v) is 4.53. The zero-order chi connectivity index (χ0) is 13.0. The smallest absolute Gasteiger partial charge is 0.182 e. The number of rotatable bonds is 6. The van der Waals surface area contributed by atoms with Crippen LogP contribution in [0, 0.1) is 0 Å². The van der Waals surface area contributed by atoms with Crippen LogP contribution in [0.15, 0.2) is 12.7 Å². The first-order chi connectivity index (χ1) is 8.81. The summed E-state index contributed by atoms with van der Waals surface area (Å²) in [7, 11) is 0. The number of fused-ring (bicyclic) bond motifs is 1. The number of nitrogens with zero attached hydrogens (tertiary/aromatic N) is 4. The van der Waals surface area contributed by atoms with Crippen LogP contribution < -0.4 is 4.90 Å². The molecule has 0 atom stereocenters. The summed E-state index contributed by atoms with van der Waals surface area (Å²) in [5, 5.41) is 0. The van der Waals surface area contributed by atoms with Crippen molar-refractivity contribution in [1.29, 1.82) is 0 Å². The van der Waals surface area contributed by atoms with Crippen molar-refractivity contribution in [1.82, 2.24) is 19.9 Å². The van der Waals surface area contributed by atoms with E-state index in [1.54, 1.807) is 12.7 Å². The van der Waals surface area contributed by atoms with E-state index in [4.69, 9.17) is 11.6 Å². The molecule has 0 saturated heterocycles. The molecule has 0 radical (unpaired) electrons. The second-order valence-electron chi connectivity index (χ2n) is 4.15. The van der Waals surface area contributed by atoms with Crippen molar-refractivity contribution in [2.24, 2.45) is 0 Å². The number of imidazole rings is 1. The SMILES string of the molecule is CCC(CC)N(CCCl)c1ncnc2nc[nH]c12. The first kappa shape index (κ1) is 13.1. The maximum absolute atomic E-state index is 5.92. The summed E-state index contributed by atoms with van der Waals surface area (Å²) in [6, 6.07) is 0.435. The maximum Gasteiger partial charge on any atom is 0.182 e. The Morgan fingerprint density at radius 1 is 1.28 bits per heavy atom. The largest absolute Gasteiger partial charge is 0.351 e. The van der Waals surface area contributed by atoms with E-state index >= 15 is 0 Å². The van der Waals surface area contributed by atoms with Gasteiger partial charge in [-0.05, 0) is 12.8 Å². The van der Waals surface area contributed by atoms with Crippen molar-refractivity contribution < 1.29 is 0 Å². The first-order valence-corrected chi connectivity index (χ1v) is 6.81. The number of aromatic amines is 1.